The SMILES string of the molecule is CCc1cc2c(cc1O[Si](C)(C)C(C)(C)C)CC[C@@H]1[C@@H]2CC[C@]2(C)[C@@H](C(C)C#N)CC[C@@H]12. The number of nitriles is 1. The minimum absolute atomic E-state index is 0.194. The molecule has 1 aromatic carbocycles. The molecule has 0 radical (unpaired) electrons. The van der Waals surface area contributed by atoms with E-state index in [9.17, 15) is 5.26 Å². The molecule has 3 aliphatic carbocycles. The van der Waals surface area contributed by atoms with Crippen LogP contribution in [-0.2, 0) is 12.8 Å². The van der Waals surface area contributed by atoms with Crippen LogP contribution < -0.4 is 4.43 Å². The average Bonchev–Trinajstić information content (AvgIpc) is 3.08. The number of fused-ring (bicyclic) bond motifs is 5. The van der Waals surface area contributed by atoms with Crippen LogP contribution in [0.2, 0.25) is 18.1 Å². The van der Waals surface area contributed by atoms with Crippen molar-refractivity contribution in [2.24, 2.45) is 29.1 Å². The lowest BCUT2D eigenvalue weighted by atomic mass is 9.53. The Hall–Kier alpha value is -1.27. The molecule has 0 N–H and O–H groups in total. The Kier molecular flexibility index (Phi) is 6.11. The molecule has 0 aliphatic heterocycles. The van der Waals surface area contributed by atoms with Gasteiger partial charge in [-0.1, -0.05) is 40.7 Å². The van der Waals surface area contributed by atoms with Crippen molar-refractivity contribution in [3.63, 3.8) is 0 Å². The van der Waals surface area contributed by atoms with Gasteiger partial charge < -0.3 is 4.43 Å². The maximum atomic E-state index is 9.62. The number of rotatable bonds is 4. The van der Waals surface area contributed by atoms with Crippen molar-refractivity contribution in [1.29, 1.82) is 5.26 Å². The molecule has 32 heavy (non-hydrogen) atoms. The van der Waals surface area contributed by atoms with E-state index in [-0.39, 0.29) is 11.0 Å². The minimum atomic E-state index is -1.85. The minimum Gasteiger partial charge on any atom is -0.543 e. The summed E-state index contributed by atoms with van der Waals surface area (Å²) in [5.41, 5.74) is 4.97. The molecule has 4 rings (SSSR count). The second kappa shape index (κ2) is 8.19. The van der Waals surface area contributed by atoms with Gasteiger partial charge in [0.05, 0.1) is 6.07 Å². The summed E-state index contributed by atoms with van der Waals surface area (Å²) in [4.78, 5) is 0. The van der Waals surface area contributed by atoms with E-state index in [1.807, 2.05) is 0 Å². The third-order valence-electron chi connectivity index (χ3n) is 10.3. The summed E-state index contributed by atoms with van der Waals surface area (Å²) < 4.78 is 6.84. The number of nitrogens with zero attached hydrogens (tertiary/aromatic N) is 1. The van der Waals surface area contributed by atoms with E-state index in [4.69, 9.17) is 4.43 Å². The third-order valence-corrected chi connectivity index (χ3v) is 14.7. The lowest BCUT2D eigenvalue weighted by Crippen LogP contribution is -2.44. The molecule has 0 heterocycles. The summed E-state index contributed by atoms with van der Waals surface area (Å²) in [6.07, 6.45) is 8.72. The molecule has 3 aliphatic rings. The monoisotopic (exact) mass is 451 g/mol. The molecule has 0 aromatic heterocycles. The van der Waals surface area contributed by atoms with Crippen LogP contribution in [0.25, 0.3) is 0 Å². The molecule has 1 aromatic rings. The largest absolute Gasteiger partial charge is 0.543 e. The van der Waals surface area contributed by atoms with Gasteiger partial charge in [-0.2, -0.15) is 5.26 Å². The Morgan fingerprint density at radius 3 is 2.53 bits per heavy atom. The van der Waals surface area contributed by atoms with Crippen LogP contribution in [0.15, 0.2) is 12.1 Å². The first-order valence-electron chi connectivity index (χ1n) is 13.2. The third kappa shape index (κ3) is 3.75. The van der Waals surface area contributed by atoms with Crippen molar-refractivity contribution >= 4 is 8.32 Å². The molecule has 0 amide bonds. The summed E-state index contributed by atoms with van der Waals surface area (Å²) in [6, 6.07) is 7.57. The highest BCUT2D eigenvalue weighted by Gasteiger charge is 2.55. The van der Waals surface area contributed by atoms with Crippen LogP contribution >= 0.6 is 0 Å². The van der Waals surface area contributed by atoms with E-state index < -0.39 is 8.32 Å². The van der Waals surface area contributed by atoms with Gasteiger partial charge in [-0.15, -0.1) is 0 Å². The normalized spacial score (nSPS) is 33.0. The standard InChI is InChI=1S/C29H45NOSi/c1-9-20-16-24-21(17-27(20)31-32(7,8)28(3,4)5)10-11-23-22(24)14-15-29(6)25(19(2)18-30)12-13-26(23)29/h16-17,19,22-23,25-26H,9-15H2,1-8H3/t19?,22-,23+,25+,26-,29+/m0/s1. The molecule has 2 nitrogen and oxygen atoms in total. The summed E-state index contributed by atoms with van der Waals surface area (Å²) in [7, 11) is -1.85. The Labute approximate surface area is 198 Å². The van der Waals surface area contributed by atoms with Crippen molar-refractivity contribution in [3.05, 3.63) is 28.8 Å². The fourth-order valence-electron chi connectivity index (χ4n) is 7.40. The van der Waals surface area contributed by atoms with Crippen molar-refractivity contribution in [2.45, 2.75) is 111 Å². The maximum absolute atomic E-state index is 9.62. The van der Waals surface area contributed by atoms with Crippen LogP contribution in [0.1, 0.15) is 96.3 Å². The molecule has 6 atom stereocenters. The van der Waals surface area contributed by atoms with E-state index in [1.165, 1.54) is 49.8 Å². The lowest BCUT2D eigenvalue weighted by molar-refractivity contribution is 0.0187. The first-order valence-corrected chi connectivity index (χ1v) is 16.1. The predicted octanol–water partition coefficient (Wildman–Crippen LogP) is 8.26. The van der Waals surface area contributed by atoms with Gasteiger partial charge in [-0.25, -0.2) is 0 Å². The molecule has 0 spiro atoms. The topological polar surface area (TPSA) is 33.0 Å². The Morgan fingerprint density at radius 1 is 1.19 bits per heavy atom. The molecule has 0 bridgehead atoms. The predicted molar refractivity (Wildman–Crippen MR) is 137 cm³/mol. The molecule has 176 valence electrons. The van der Waals surface area contributed by atoms with Gasteiger partial charge in [-0.3, -0.25) is 0 Å². The van der Waals surface area contributed by atoms with Gasteiger partial charge in [0.2, 0.25) is 8.32 Å². The first-order chi connectivity index (χ1) is 14.9. The maximum Gasteiger partial charge on any atom is 0.250 e. The van der Waals surface area contributed by atoms with Crippen LogP contribution in [-0.4, -0.2) is 8.32 Å². The summed E-state index contributed by atoms with van der Waals surface area (Å²) in [6.45, 7) is 18.7. The van der Waals surface area contributed by atoms with E-state index in [0.29, 0.717) is 17.3 Å². The fourth-order valence-corrected chi connectivity index (χ4v) is 8.44. The summed E-state index contributed by atoms with van der Waals surface area (Å²) >= 11 is 0. The van der Waals surface area contributed by atoms with Gasteiger partial charge in [0.1, 0.15) is 5.75 Å². The van der Waals surface area contributed by atoms with Crippen molar-refractivity contribution < 1.29 is 4.43 Å². The zero-order chi connectivity index (χ0) is 23.5. The summed E-state index contributed by atoms with van der Waals surface area (Å²) in [5, 5.41) is 9.83. The van der Waals surface area contributed by atoms with Crippen molar-refractivity contribution in [3.8, 4) is 11.8 Å². The van der Waals surface area contributed by atoms with Crippen LogP contribution in [0.5, 0.6) is 5.75 Å². The van der Waals surface area contributed by atoms with Crippen molar-refractivity contribution in [2.75, 3.05) is 0 Å². The summed E-state index contributed by atoms with van der Waals surface area (Å²) in [5.74, 6) is 4.25. The smallest absolute Gasteiger partial charge is 0.250 e. The average molecular weight is 452 g/mol. The fraction of sp³-hybridized carbons (Fsp3) is 0.759. The van der Waals surface area contributed by atoms with Gasteiger partial charge in [-0.05, 0) is 122 Å². The number of benzene rings is 1. The molecular formula is C29H45NOSi. The van der Waals surface area contributed by atoms with Crippen LogP contribution in [0, 0.1) is 40.4 Å². The molecule has 2 saturated carbocycles. The molecular weight excluding hydrogens is 406 g/mol. The highest BCUT2D eigenvalue weighted by molar-refractivity contribution is 6.74. The number of hydrogen-bond acceptors (Lipinski definition) is 2. The lowest BCUT2D eigenvalue weighted by Gasteiger charge is -2.51. The van der Waals surface area contributed by atoms with Crippen molar-refractivity contribution in [1.82, 2.24) is 0 Å². The van der Waals surface area contributed by atoms with E-state index in [0.717, 1.165) is 18.3 Å². The quantitative estimate of drug-likeness (QED) is 0.431. The zero-order valence-electron chi connectivity index (χ0n) is 21.8. The highest BCUT2D eigenvalue weighted by atomic mass is 28.4. The molecule has 2 fully saturated rings. The second-order valence-corrected chi connectivity index (χ2v) is 17.7. The van der Waals surface area contributed by atoms with Crippen LogP contribution in [0.3, 0.4) is 0 Å². The molecule has 0 saturated heterocycles. The van der Waals surface area contributed by atoms with Gasteiger partial charge in [0.25, 0.3) is 0 Å². The molecule has 3 heteroatoms. The highest BCUT2D eigenvalue weighted by Crippen LogP contribution is 2.64. The van der Waals surface area contributed by atoms with E-state index in [1.54, 1.807) is 11.1 Å². The first kappa shape index (κ1) is 23.9. The van der Waals surface area contributed by atoms with Gasteiger partial charge in [0, 0.05) is 5.92 Å². The van der Waals surface area contributed by atoms with Gasteiger partial charge in [0.15, 0.2) is 0 Å². The van der Waals surface area contributed by atoms with E-state index >= 15 is 0 Å². The molecule has 1 unspecified atom stereocenters. The number of hydrogen-bond donors (Lipinski definition) is 0. The van der Waals surface area contributed by atoms with Gasteiger partial charge >= 0.3 is 0 Å². The zero-order valence-corrected chi connectivity index (χ0v) is 22.8. The van der Waals surface area contributed by atoms with Crippen LogP contribution in [0.4, 0.5) is 0 Å². The Morgan fingerprint density at radius 2 is 1.91 bits per heavy atom. The second-order valence-electron chi connectivity index (χ2n) is 12.9. The Balaban J connectivity index is 1.64. The van der Waals surface area contributed by atoms with E-state index in [2.05, 4.69) is 72.8 Å². The number of aryl methyl sites for hydroxylation is 2. The Bertz CT molecular complexity index is 907.